The molecule has 1 atom stereocenters. The third-order valence-corrected chi connectivity index (χ3v) is 6.32. The Morgan fingerprint density at radius 2 is 1.75 bits per heavy atom. The average molecular weight is 466 g/mol. The molecule has 2 N–H and O–H groups in total. The van der Waals surface area contributed by atoms with E-state index < -0.39 is 22.0 Å². The Labute approximate surface area is 179 Å². The van der Waals surface area contributed by atoms with Gasteiger partial charge in [0.25, 0.3) is 0 Å². The minimum atomic E-state index is -3.92. The molecule has 0 spiro atoms. The zero-order valence-corrected chi connectivity index (χ0v) is 18.4. The quantitative estimate of drug-likeness (QED) is 0.583. The van der Waals surface area contributed by atoms with Crippen molar-refractivity contribution in [2.45, 2.75) is 31.7 Å². The number of rotatable bonds is 7. The number of carbonyl (C=O) groups excluding carboxylic acids is 1. The van der Waals surface area contributed by atoms with Gasteiger partial charge in [-0.1, -0.05) is 34.8 Å². The van der Waals surface area contributed by atoms with Gasteiger partial charge in [-0.05, 0) is 56.7 Å². The highest BCUT2D eigenvalue weighted by Gasteiger charge is 2.23. The lowest BCUT2D eigenvalue weighted by Crippen LogP contribution is -2.41. The first-order valence-corrected chi connectivity index (χ1v) is 10.9. The van der Waals surface area contributed by atoms with Crippen molar-refractivity contribution in [3.8, 4) is 5.75 Å². The summed E-state index contributed by atoms with van der Waals surface area (Å²) in [5, 5.41) is 3.16. The first-order chi connectivity index (χ1) is 13.0. The van der Waals surface area contributed by atoms with Crippen LogP contribution >= 0.6 is 34.8 Å². The summed E-state index contributed by atoms with van der Waals surface area (Å²) < 4.78 is 32.9. The van der Waals surface area contributed by atoms with Crippen LogP contribution in [0.1, 0.15) is 19.4 Å². The van der Waals surface area contributed by atoms with Crippen LogP contribution in [-0.2, 0) is 14.8 Å². The molecule has 0 aliphatic rings. The molecule has 1 amide bonds. The van der Waals surface area contributed by atoms with E-state index >= 15 is 0 Å². The number of halogens is 3. The number of aryl methyl sites for hydroxylation is 1. The Kier molecular flexibility index (Phi) is 7.59. The molecule has 0 unspecified atom stereocenters. The third kappa shape index (κ3) is 5.52. The number of sulfonamides is 1. The Balaban J connectivity index is 2.14. The Bertz CT molecular complexity index is 997. The fourth-order valence-electron chi connectivity index (χ4n) is 2.32. The topological polar surface area (TPSA) is 84.5 Å². The fourth-order valence-corrected chi connectivity index (χ4v) is 4.20. The average Bonchev–Trinajstić information content (AvgIpc) is 2.61. The van der Waals surface area contributed by atoms with Crippen LogP contribution in [0.3, 0.4) is 0 Å². The summed E-state index contributed by atoms with van der Waals surface area (Å²) in [7, 11) is -3.92. The zero-order chi connectivity index (χ0) is 21.1. The van der Waals surface area contributed by atoms with Crippen LogP contribution in [-0.4, -0.2) is 27.0 Å². The van der Waals surface area contributed by atoms with Crippen LogP contribution in [0.15, 0.2) is 35.2 Å². The first-order valence-electron chi connectivity index (χ1n) is 8.26. The van der Waals surface area contributed by atoms with Gasteiger partial charge in [-0.2, -0.15) is 4.72 Å². The van der Waals surface area contributed by atoms with E-state index in [4.69, 9.17) is 39.5 Å². The fraction of sp³-hybridized carbons (Fsp3) is 0.278. The van der Waals surface area contributed by atoms with Crippen molar-refractivity contribution >= 4 is 56.4 Å². The molecule has 2 aromatic carbocycles. The summed E-state index contributed by atoms with van der Waals surface area (Å²) in [5.74, 6) is -0.00646. The molecule has 0 saturated carbocycles. The molecular weight excluding hydrogens is 447 g/mol. The van der Waals surface area contributed by atoms with Crippen molar-refractivity contribution in [1.82, 2.24) is 4.72 Å². The number of ether oxygens (including phenoxy) is 1. The summed E-state index contributed by atoms with van der Waals surface area (Å²) >= 11 is 17.8. The summed E-state index contributed by atoms with van der Waals surface area (Å²) in [5.41, 5.74) is 0.897. The van der Waals surface area contributed by atoms with Gasteiger partial charge in [0.1, 0.15) is 5.75 Å². The minimum absolute atomic E-state index is 0.0284. The lowest BCUT2D eigenvalue weighted by Gasteiger charge is -2.16. The SMILES string of the molecule is CCOc1ccc(S(=O)(=O)N[C@H](C)C(=O)Nc2cc(Cl)c(Cl)cc2Cl)cc1C. The zero-order valence-electron chi connectivity index (χ0n) is 15.3. The van der Waals surface area contributed by atoms with Gasteiger partial charge in [0.05, 0.1) is 38.3 Å². The van der Waals surface area contributed by atoms with E-state index in [1.807, 2.05) is 6.92 Å². The summed E-state index contributed by atoms with van der Waals surface area (Å²) in [6.07, 6.45) is 0. The number of hydrogen-bond acceptors (Lipinski definition) is 4. The number of amides is 1. The number of hydrogen-bond donors (Lipinski definition) is 2. The van der Waals surface area contributed by atoms with Crippen molar-refractivity contribution < 1.29 is 17.9 Å². The van der Waals surface area contributed by atoms with E-state index in [2.05, 4.69) is 10.0 Å². The second kappa shape index (κ2) is 9.33. The summed E-state index contributed by atoms with van der Waals surface area (Å²) in [4.78, 5) is 12.4. The van der Waals surface area contributed by atoms with Gasteiger partial charge in [-0.15, -0.1) is 0 Å². The molecule has 0 radical (unpaired) electrons. The molecule has 10 heteroatoms. The van der Waals surface area contributed by atoms with E-state index in [9.17, 15) is 13.2 Å². The molecular formula is C18H19Cl3N2O4S. The van der Waals surface area contributed by atoms with Crippen LogP contribution in [0.2, 0.25) is 15.1 Å². The van der Waals surface area contributed by atoms with Crippen LogP contribution in [0.4, 0.5) is 5.69 Å². The van der Waals surface area contributed by atoms with Crippen molar-refractivity contribution in [3.05, 3.63) is 51.0 Å². The maximum absolute atomic E-state index is 12.6. The van der Waals surface area contributed by atoms with Gasteiger partial charge in [0.2, 0.25) is 15.9 Å². The van der Waals surface area contributed by atoms with Gasteiger partial charge in [0, 0.05) is 0 Å². The Hall–Kier alpha value is -1.51. The molecule has 0 saturated heterocycles. The van der Waals surface area contributed by atoms with Crippen LogP contribution in [0, 0.1) is 6.92 Å². The van der Waals surface area contributed by atoms with Crippen molar-refractivity contribution in [3.63, 3.8) is 0 Å². The van der Waals surface area contributed by atoms with Crippen molar-refractivity contribution in [1.29, 1.82) is 0 Å². The van der Waals surface area contributed by atoms with E-state index in [0.717, 1.165) is 0 Å². The molecule has 0 aliphatic carbocycles. The van der Waals surface area contributed by atoms with E-state index in [1.165, 1.54) is 31.2 Å². The predicted octanol–water partition coefficient (Wildman–Crippen LogP) is 4.66. The van der Waals surface area contributed by atoms with Crippen LogP contribution in [0.5, 0.6) is 5.75 Å². The molecule has 0 aromatic heterocycles. The monoisotopic (exact) mass is 464 g/mol. The van der Waals surface area contributed by atoms with Gasteiger partial charge in [-0.3, -0.25) is 4.79 Å². The Morgan fingerprint density at radius 1 is 1.11 bits per heavy atom. The maximum Gasteiger partial charge on any atom is 0.242 e. The van der Waals surface area contributed by atoms with E-state index in [0.29, 0.717) is 17.9 Å². The highest BCUT2D eigenvalue weighted by molar-refractivity contribution is 7.89. The molecule has 2 rings (SSSR count). The summed E-state index contributed by atoms with van der Waals surface area (Å²) in [6, 6.07) is 6.18. The summed E-state index contributed by atoms with van der Waals surface area (Å²) in [6.45, 7) is 5.47. The van der Waals surface area contributed by atoms with Crippen LogP contribution in [0.25, 0.3) is 0 Å². The smallest absolute Gasteiger partial charge is 0.242 e. The molecule has 2 aromatic rings. The highest BCUT2D eigenvalue weighted by atomic mass is 35.5. The molecule has 0 fully saturated rings. The van der Waals surface area contributed by atoms with E-state index in [1.54, 1.807) is 13.0 Å². The molecule has 152 valence electrons. The molecule has 6 nitrogen and oxygen atoms in total. The molecule has 0 bridgehead atoms. The molecule has 0 heterocycles. The van der Waals surface area contributed by atoms with Crippen molar-refractivity contribution in [2.24, 2.45) is 0 Å². The lowest BCUT2D eigenvalue weighted by molar-refractivity contribution is -0.117. The molecule has 0 aliphatic heterocycles. The van der Waals surface area contributed by atoms with Gasteiger partial charge in [-0.25, -0.2) is 8.42 Å². The first kappa shape index (κ1) is 22.8. The van der Waals surface area contributed by atoms with Gasteiger partial charge < -0.3 is 10.1 Å². The maximum atomic E-state index is 12.6. The normalized spacial score (nSPS) is 12.5. The standard InChI is InChI=1S/C18H19Cl3N2O4S/c1-4-27-17-6-5-12(7-10(17)2)28(25,26)23-11(3)18(24)22-16-9-14(20)13(19)8-15(16)21/h5-9,11,23H,4H2,1-3H3,(H,22,24)/t11-/m1/s1. The largest absolute Gasteiger partial charge is 0.494 e. The second-order valence-corrected chi connectivity index (χ2v) is 8.87. The number of nitrogens with one attached hydrogen (secondary N) is 2. The number of anilines is 1. The van der Waals surface area contributed by atoms with Crippen LogP contribution < -0.4 is 14.8 Å². The lowest BCUT2D eigenvalue weighted by atomic mass is 10.2. The van der Waals surface area contributed by atoms with E-state index in [-0.39, 0.29) is 25.7 Å². The van der Waals surface area contributed by atoms with Crippen molar-refractivity contribution in [2.75, 3.05) is 11.9 Å². The third-order valence-electron chi connectivity index (χ3n) is 3.75. The highest BCUT2D eigenvalue weighted by Crippen LogP contribution is 2.32. The second-order valence-electron chi connectivity index (χ2n) is 5.94. The predicted molar refractivity (Wildman–Crippen MR) is 112 cm³/mol. The van der Waals surface area contributed by atoms with Gasteiger partial charge in [0.15, 0.2) is 0 Å². The molecule has 28 heavy (non-hydrogen) atoms. The number of carbonyl (C=O) groups is 1. The number of benzene rings is 2. The van der Waals surface area contributed by atoms with Gasteiger partial charge >= 0.3 is 0 Å². The Morgan fingerprint density at radius 3 is 2.36 bits per heavy atom. The minimum Gasteiger partial charge on any atom is -0.494 e.